The van der Waals surface area contributed by atoms with Gasteiger partial charge in [-0.05, 0) is 59.4 Å². The Labute approximate surface area is 192 Å². The van der Waals surface area contributed by atoms with Gasteiger partial charge in [-0.1, -0.05) is 42.5 Å². The van der Waals surface area contributed by atoms with Crippen molar-refractivity contribution in [1.82, 2.24) is 5.06 Å². The third kappa shape index (κ3) is 3.16. The molecule has 6 rings (SSSR count). The summed E-state index contributed by atoms with van der Waals surface area (Å²) in [5.74, 6) is 1.12. The van der Waals surface area contributed by atoms with E-state index in [0.29, 0.717) is 17.9 Å². The number of aryl methyl sites for hydroxylation is 1. The van der Waals surface area contributed by atoms with Gasteiger partial charge in [-0.2, -0.15) is 5.26 Å². The fourth-order valence-corrected chi connectivity index (χ4v) is 5.41. The van der Waals surface area contributed by atoms with Crippen molar-refractivity contribution < 1.29 is 9.57 Å². The summed E-state index contributed by atoms with van der Waals surface area (Å²) in [5, 5.41) is 10.9. The van der Waals surface area contributed by atoms with Crippen LogP contribution in [0.5, 0.6) is 5.75 Å². The molecule has 0 saturated carbocycles. The molecule has 0 radical (unpaired) electrons. The number of nitriles is 1. The Morgan fingerprint density at radius 1 is 1.03 bits per heavy atom. The lowest BCUT2D eigenvalue weighted by Crippen LogP contribution is -2.51. The van der Waals surface area contributed by atoms with Crippen molar-refractivity contribution in [3.05, 3.63) is 89.0 Å². The number of nitrogens with zero attached hydrogens (tertiary/aromatic N) is 3. The molecular weight excluding hydrogens is 412 g/mol. The molecule has 0 fully saturated rings. The van der Waals surface area contributed by atoms with Crippen molar-refractivity contribution in [3.8, 4) is 22.9 Å². The molecule has 2 atom stereocenters. The molecule has 3 aromatic rings. The van der Waals surface area contributed by atoms with Gasteiger partial charge in [0, 0.05) is 19.9 Å². The van der Waals surface area contributed by atoms with Crippen LogP contribution in [-0.2, 0) is 23.4 Å². The van der Waals surface area contributed by atoms with Gasteiger partial charge in [-0.15, -0.1) is 0 Å². The first-order valence-corrected chi connectivity index (χ1v) is 11.2. The highest BCUT2D eigenvalue weighted by atomic mass is 16.7. The van der Waals surface area contributed by atoms with Crippen LogP contribution < -0.4 is 10.5 Å². The summed E-state index contributed by atoms with van der Waals surface area (Å²) in [6.07, 6.45) is 3.22. The normalized spacial score (nSPS) is 25.2. The van der Waals surface area contributed by atoms with Gasteiger partial charge in [0.25, 0.3) is 0 Å². The zero-order valence-corrected chi connectivity index (χ0v) is 18.4. The molecule has 2 heterocycles. The number of rotatable bonds is 1. The predicted octanol–water partition coefficient (Wildman–Crippen LogP) is 4.28. The second-order valence-electron chi connectivity index (χ2n) is 9.15. The van der Waals surface area contributed by atoms with Gasteiger partial charge in [0.1, 0.15) is 11.4 Å². The maximum absolute atomic E-state index is 9.31. The van der Waals surface area contributed by atoms with Gasteiger partial charge in [-0.3, -0.25) is 0 Å². The van der Waals surface area contributed by atoms with Crippen molar-refractivity contribution >= 4 is 5.96 Å². The van der Waals surface area contributed by atoms with Crippen LogP contribution in [0, 0.1) is 11.3 Å². The third-order valence-electron chi connectivity index (χ3n) is 7.00. The van der Waals surface area contributed by atoms with E-state index in [0.717, 1.165) is 41.7 Å². The van der Waals surface area contributed by atoms with Crippen LogP contribution in [0.2, 0.25) is 0 Å². The minimum Gasteiger partial charge on any atom is -0.486 e. The molecule has 6 nitrogen and oxygen atoms in total. The van der Waals surface area contributed by atoms with Gasteiger partial charge in [0.2, 0.25) is 11.7 Å². The summed E-state index contributed by atoms with van der Waals surface area (Å²) in [5.41, 5.74) is 11.0. The zero-order valence-electron chi connectivity index (χ0n) is 18.4. The summed E-state index contributed by atoms with van der Waals surface area (Å²) in [4.78, 5) is 11.2. The van der Waals surface area contributed by atoms with Crippen LogP contribution >= 0.6 is 0 Å². The number of benzene rings is 3. The smallest absolute Gasteiger partial charge is 0.222 e. The number of hydroxylamine groups is 2. The highest BCUT2D eigenvalue weighted by Gasteiger charge is 2.55. The van der Waals surface area contributed by atoms with Gasteiger partial charge in [-0.25, -0.2) is 14.9 Å². The molecule has 0 aromatic heterocycles. The van der Waals surface area contributed by atoms with E-state index in [-0.39, 0.29) is 0 Å². The highest BCUT2D eigenvalue weighted by molar-refractivity contribution is 5.79. The maximum atomic E-state index is 9.31. The zero-order chi connectivity index (χ0) is 22.6. The number of hydrogen-bond acceptors (Lipinski definition) is 6. The van der Waals surface area contributed by atoms with E-state index in [9.17, 15) is 5.26 Å². The average Bonchev–Trinajstić information content (AvgIpc) is 3.11. The molecule has 6 heteroatoms. The molecule has 3 aromatic carbocycles. The molecule has 2 N–H and O–H groups in total. The SMILES string of the molecule is CN1OC2(CC3(CCc4ccccc4C3)Oc3ccc(-c4cccc(C#N)c4)cc32)N=C1N. The van der Waals surface area contributed by atoms with Crippen LogP contribution in [0.15, 0.2) is 71.7 Å². The van der Waals surface area contributed by atoms with Crippen LogP contribution in [0.3, 0.4) is 0 Å². The molecule has 0 bridgehead atoms. The molecule has 2 aliphatic heterocycles. The number of hydrogen-bond donors (Lipinski definition) is 1. The molecule has 2 unspecified atom stereocenters. The summed E-state index contributed by atoms with van der Waals surface area (Å²) >= 11 is 0. The third-order valence-corrected chi connectivity index (χ3v) is 7.00. The monoisotopic (exact) mass is 436 g/mol. The molecule has 0 amide bonds. The Balaban J connectivity index is 1.47. The molecular formula is C27H24N4O2. The molecule has 33 heavy (non-hydrogen) atoms. The topological polar surface area (TPSA) is 83.9 Å². The van der Waals surface area contributed by atoms with Crippen LogP contribution in [0.1, 0.15) is 35.1 Å². The molecule has 1 aliphatic carbocycles. The number of guanidine groups is 1. The van der Waals surface area contributed by atoms with E-state index < -0.39 is 11.3 Å². The highest BCUT2D eigenvalue weighted by Crippen LogP contribution is 2.53. The average molecular weight is 437 g/mol. The quantitative estimate of drug-likeness (QED) is 0.616. The van der Waals surface area contributed by atoms with E-state index in [1.165, 1.54) is 11.1 Å². The van der Waals surface area contributed by atoms with Crippen LogP contribution in [0.4, 0.5) is 0 Å². The van der Waals surface area contributed by atoms with Crippen molar-refractivity contribution in [1.29, 1.82) is 5.26 Å². The van der Waals surface area contributed by atoms with Gasteiger partial charge in [0.15, 0.2) is 0 Å². The van der Waals surface area contributed by atoms with E-state index >= 15 is 0 Å². The van der Waals surface area contributed by atoms with E-state index in [1.807, 2.05) is 30.3 Å². The number of aliphatic imine (C=N–C) groups is 1. The summed E-state index contributed by atoms with van der Waals surface area (Å²) in [6, 6.07) is 24.5. The summed E-state index contributed by atoms with van der Waals surface area (Å²) < 4.78 is 6.75. The number of fused-ring (bicyclic) bond motifs is 3. The lowest BCUT2D eigenvalue weighted by Gasteiger charge is -2.47. The maximum Gasteiger partial charge on any atom is 0.222 e. The van der Waals surface area contributed by atoms with Gasteiger partial charge >= 0.3 is 0 Å². The fraction of sp³-hybridized carbons (Fsp3) is 0.259. The standard InChI is InChI=1S/C27H24N4O2/c1-31-25(29)30-27(33-31)17-26(12-11-19-6-2-3-7-22(19)15-26)32-24-10-9-21(14-23(24)27)20-8-4-5-18(13-20)16-28/h2-10,13-14H,11-12,15,17H2,1H3,(H2,29,30). The number of nitrogens with two attached hydrogens (primary N) is 1. The van der Waals surface area contributed by atoms with Gasteiger partial charge < -0.3 is 10.5 Å². The van der Waals surface area contributed by atoms with E-state index in [2.05, 4.69) is 36.4 Å². The van der Waals surface area contributed by atoms with Crippen molar-refractivity contribution in [2.24, 2.45) is 10.7 Å². The first-order valence-electron chi connectivity index (χ1n) is 11.2. The predicted molar refractivity (Wildman–Crippen MR) is 125 cm³/mol. The van der Waals surface area contributed by atoms with Crippen molar-refractivity contribution in [2.45, 2.75) is 37.0 Å². The Morgan fingerprint density at radius 2 is 1.85 bits per heavy atom. The largest absolute Gasteiger partial charge is 0.486 e. The Morgan fingerprint density at radius 3 is 2.64 bits per heavy atom. The molecule has 164 valence electrons. The van der Waals surface area contributed by atoms with Crippen LogP contribution in [-0.4, -0.2) is 23.7 Å². The molecule has 0 saturated heterocycles. The van der Waals surface area contributed by atoms with Crippen molar-refractivity contribution in [3.63, 3.8) is 0 Å². The fourth-order valence-electron chi connectivity index (χ4n) is 5.41. The molecule has 2 spiro atoms. The summed E-state index contributed by atoms with van der Waals surface area (Å²) in [6.45, 7) is 0. The minimum absolute atomic E-state index is 0.353. The number of ether oxygens (including phenoxy) is 1. The molecule has 3 aliphatic rings. The lowest BCUT2D eigenvalue weighted by atomic mass is 9.73. The minimum atomic E-state index is -0.943. The Kier molecular flexibility index (Phi) is 4.26. The first kappa shape index (κ1) is 19.8. The first-order chi connectivity index (χ1) is 16.0. The Bertz CT molecular complexity index is 1340. The van der Waals surface area contributed by atoms with E-state index in [1.54, 1.807) is 18.2 Å². The van der Waals surface area contributed by atoms with Gasteiger partial charge in [0.05, 0.1) is 17.2 Å². The second kappa shape index (κ2) is 7.09. The van der Waals surface area contributed by atoms with Crippen LogP contribution in [0.25, 0.3) is 11.1 Å². The second-order valence-corrected chi connectivity index (χ2v) is 9.15. The van der Waals surface area contributed by atoms with E-state index in [4.69, 9.17) is 20.3 Å². The lowest BCUT2D eigenvalue weighted by molar-refractivity contribution is -0.205. The summed E-state index contributed by atoms with van der Waals surface area (Å²) in [7, 11) is 1.78. The van der Waals surface area contributed by atoms with Crippen molar-refractivity contribution in [2.75, 3.05) is 7.05 Å². The Hall–Kier alpha value is -3.82.